The second-order valence-corrected chi connectivity index (χ2v) is 5.58. The number of likely N-dealkylation sites (N-methyl/N-ethyl adjacent to an activating group) is 2. The van der Waals surface area contributed by atoms with E-state index in [1.165, 1.54) is 12.4 Å². The fourth-order valence-corrected chi connectivity index (χ4v) is 2.30. The van der Waals surface area contributed by atoms with Gasteiger partial charge in [-0.15, -0.1) is 0 Å². The maximum Gasteiger partial charge on any atom is 0.267 e. The molecule has 0 aromatic rings. The highest BCUT2D eigenvalue weighted by molar-refractivity contribution is 7.45. The first-order valence-corrected chi connectivity index (χ1v) is 7.58. The molecule has 0 radical (unpaired) electrons. The van der Waals surface area contributed by atoms with Crippen LogP contribution in [0.25, 0.3) is 0 Å². The molecule has 0 bridgehead atoms. The summed E-state index contributed by atoms with van der Waals surface area (Å²) in [6.45, 7) is 8.99. The number of amidine groups is 1. The van der Waals surface area contributed by atoms with E-state index in [4.69, 9.17) is 0 Å². The first kappa shape index (κ1) is 17.6. The Labute approximate surface area is 110 Å². The minimum Gasteiger partial charge on any atom is -0.756 e. The maximum absolute atomic E-state index is 10.4. The van der Waals surface area contributed by atoms with E-state index in [1.54, 1.807) is 13.8 Å². The van der Waals surface area contributed by atoms with Crippen molar-refractivity contribution in [3.63, 3.8) is 0 Å². The van der Waals surface area contributed by atoms with E-state index in [2.05, 4.69) is 46.5 Å². The molecule has 1 unspecified atom stereocenters. The summed E-state index contributed by atoms with van der Waals surface area (Å²) in [5.74, 6) is 1.38. The third kappa shape index (κ3) is 5.96. The van der Waals surface area contributed by atoms with E-state index >= 15 is 0 Å². The average molecular weight is 280 g/mol. The maximum atomic E-state index is 10.4. The molecule has 1 aliphatic rings. The van der Waals surface area contributed by atoms with E-state index in [1.807, 2.05) is 0 Å². The zero-order valence-corrected chi connectivity index (χ0v) is 13.1. The van der Waals surface area contributed by atoms with E-state index in [0.717, 1.165) is 0 Å². The number of phosphoric acid groups is 1. The lowest BCUT2D eigenvalue weighted by Crippen LogP contribution is -2.28. The Balaban J connectivity index is 0.000000321. The quantitative estimate of drug-likeness (QED) is 0.565. The molecule has 0 aromatic carbocycles. The first-order chi connectivity index (χ1) is 8.25. The van der Waals surface area contributed by atoms with Gasteiger partial charge in [0.1, 0.15) is 12.6 Å². The van der Waals surface area contributed by atoms with E-state index in [-0.39, 0.29) is 13.2 Å². The van der Waals surface area contributed by atoms with Crippen LogP contribution in [0.1, 0.15) is 27.7 Å². The van der Waals surface area contributed by atoms with Crippen molar-refractivity contribution < 1.29 is 23.1 Å². The Kier molecular flexibility index (Phi) is 7.71. The van der Waals surface area contributed by atoms with Crippen molar-refractivity contribution in [1.82, 2.24) is 4.90 Å². The Bertz CT molecular complexity index is 323. The summed E-state index contributed by atoms with van der Waals surface area (Å²) in [5.41, 5.74) is 0. The van der Waals surface area contributed by atoms with Crippen molar-refractivity contribution in [2.45, 2.75) is 33.7 Å². The molecule has 108 valence electrons. The molecule has 0 saturated heterocycles. The van der Waals surface area contributed by atoms with Crippen molar-refractivity contribution >= 4 is 13.7 Å². The standard InChI is InChI=1S/C7H15N2.C4H11O4P/c1-6-5-8(3)7(2)9(6)4;1-3-7-9(5,6)8-4-2/h6H,5H2,1-4H3;3-4H2,1-2H3,(H,5,6)/q+1;/p-1. The number of hydrogen-bond acceptors (Lipinski definition) is 5. The zero-order valence-electron chi connectivity index (χ0n) is 12.2. The number of nitrogens with zero attached hydrogens (tertiary/aromatic N) is 2. The minimum absolute atomic E-state index is 0.126. The van der Waals surface area contributed by atoms with Gasteiger partial charge in [0.05, 0.1) is 27.3 Å². The van der Waals surface area contributed by atoms with Crippen LogP contribution in [0.4, 0.5) is 0 Å². The van der Waals surface area contributed by atoms with Crippen molar-refractivity contribution in [1.29, 1.82) is 0 Å². The lowest BCUT2D eigenvalue weighted by molar-refractivity contribution is -0.490. The minimum atomic E-state index is -3.94. The Morgan fingerprint density at radius 2 is 1.89 bits per heavy atom. The SMILES string of the molecule is CC1=[N+](C)CC(C)N1C.CCOP(=O)([O-])OCC. The predicted molar refractivity (Wildman–Crippen MR) is 69.8 cm³/mol. The number of rotatable bonds is 4. The molecule has 0 aromatic heterocycles. The molecule has 0 fully saturated rings. The smallest absolute Gasteiger partial charge is 0.267 e. The summed E-state index contributed by atoms with van der Waals surface area (Å²) in [6.07, 6.45) is 0. The fourth-order valence-electron chi connectivity index (χ4n) is 1.59. The highest BCUT2D eigenvalue weighted by atomic mass is 31.2. The monoisotopic (exact) mass is 280 g/mol. The van der Waals surface area contributed by atoms with Crippen molar-refractivity contribution in [3.05, 3.63) is 0 Å². The Hall–Kier alpha value is -0.420. The highest BCUT2D eigenvalue weighted by Crippen LogP contribution is 2.37. The van der Waals surface area contributed by atoms with Crippen LogP contribution in [-0.4, -0.2) is 55.2 Å². The topological polar surface area (TPSA) is 64.8 Å². The van der Waals surface area contributed by atoms with Gasteiger partial charge in [-0.2, -0.15) is 0 Å². The number of phosphoric ester groups is 1. The summed E-state index contributed by atoms with van der Waals surface area (Å²) in [4.78, 5) is 12.7. The molecule has 0 amide bonds. The van der Waals surface area contributed by atoms with Gasteiger partial charge in [0.25, 0.3) is 7.82 Å². The first-order valence-electron chi connectivity index (χ1n) is 6.12. The van der Waals surface area contributed by atoms with Crippen LogP contribution in [0, 0.1) is 0 Å². The molecule has 7 heteroatoms. The highest BCUT2D eigenvalue weighted by Gasteiger charge is 2.27. The molecule has 0 aliphatic carbocycles. The van der Waals surface area contributed by atoms with Crippen LogP contribution >= 0.6 is 7.82 Å². The van der Waals surface area contributed by atoms with Crippen molar-refractivity contribution in [2.24, 2.45) is 0 Å². The summed E-state index contributed by atoms with van der Waals surface area (Å²) in [5, 5.41) is 0. The molecule has 0 spiro atoms. The fraction of sp³-hybridized carbons (Fsp3) is 0.909. The molecule has 1 atom stereocenters. The Morgan fingerprint density at radius 3 is 2.06 bits per heavy atom. The van der Waals surface area contributed by atoms with Crippen LogP contribution in [0.2, 0.25) is 0 Å². The van der Waals surface area contributed by atoms with Gasteiger partial charge >= 0.3 is 0 Å². The van der Waals surface area contributed by atoms with Gasteiger partial charge in [-0.05, 0) is 20.8 Å². The molecular weight excluding hydrogens is 255 g/mol. The molecule has 18 heavy (non-hydrogen) atoms. The van der Waals surface area contributed by atoms with Crippen LogP contribution < -0.4 is 4.89 Å². The van der Waals surface area contributed by atoms with Gasteiger partial charge in [-0.25, -0.2) is 0 Å². The molecule has 1 rings (SSSR count). The van der Waals surface area contributed by atoms with Crippen LogP contribution in [0.5, 0.6) is 0 Å². The van der Waals surface area contributed by atoms with Crippen LogP contribution in [-0.2, 0) is 13.6 Å². The summed E-state index contributed by atoms with van der Waals surface area (Å²) in [6, 6.07) is 0.690. The van der Waals surface area contributed by atoms with Gasteiger partial charge in [0.15, 0.2) is 0 Å². The third-order valence-electron chi connectivity index (χ3n) is 2.84. The Morgan fingerprint density at radius 1 is 1.44 bits per heavy atom. The van der Waals surface area contributed by atoms with Crippen molar-refractivity contribution in [3.8, 4) is 0 Å². The van der Waals surface area contributed by atoms with Crippen molar-refractivity contribution in [2.75, 3.05) is 33.9 Å². The zero-order chi connectivity index (χ0) is 14.3. The van der Waals surface area contributed by atoms with Gasteiger partial charge in [0, 0.05) is 6.92 Å². The summed E-state index contributed by atoms with van der Waals surface area (Å²) in [7, 11) is 0.334. The molecule has 0 saturated carbocycles. The lowest BCUT2D eigenvalue weighted by atomic mass is 10.3. The normalized spacial score (nSPS) is 19.9. The van der Waals surface area contributed by atoms with Gasteiger partial charge < -0.3 is 13.9 Å². The van der Waals surface area contributed by atoms with E-state index in [0.29, 0.717) is 6.04 Å². The van der Waals surface area contributed by atoms with Gasteiger partial charge in [0.2, 0.25) is 5.84 Å². The van der Waals surface area contributed by atoms with Crippen LogP contribution in [0.15, 0.2) is 0 Å². The van der Waals surface area contributed by atoms with E-state index in [9.17, 15) is 9.46 Å². The number of hydrogen-bond donors (Lipinski definition) is 0. The summed E-state index contributed by atoms with van der Waals surface area (Å²) < 4.78 is 21.2. The molecule has 0 N–H and O–H groups in total. The van der Waals surface area contributed by atoms with Gasteiger partial charge in [-0.1, -0.05) is 0 Å². The molecule has 1 heterocycles. The molecule has 6 nitrogen and oxygen atoms in total. The largest absolute Gasteiger partial charge is 0.756 e. The second-order valence-electron chi connectivity index (χ2n) is 4.17. The van der Waals surface area contributed by atoms with E-state index < -0.39 is 7.82 Å². The predicted octanol–water partition coefficient (Wildman–Crippen LogP) is 0.909. The average Bonchev–Trinajstić information content (AvgIpc) is 2.46. The lowest BCUT2D eigenvalue weighted by Gasteiger charge is -2.20. The van der Waals surface area contributed by atoms with Crippen LogP contribution in [0.3, 0.4) is 0 Å². The second kappa shape index (κ2) is 7.89. The molecular formula is C11H25N2O4P. The third-order valence-corrected chi connectivity index (χ3v) is 3.99. The summed E-state index contributed by atoms with van der Waals surface area (Å²) >= 11 is 0. The van der Waals surface area contributed by atoms with Gasteiger partial charge in [-0.3, -0.25) is 14.0 Å². The molecule has 1 aliphatic heterocycles.